The van der Waals surface area contributed by atoms with E-state index in [4.69, 9.17) is 14.6 Å². The fourth-order valence-electron chi connectivity index (χ4n) is 3.54. The molecular formula is C24H31N5O3. The Morgan fingerprint density at radius 2 is 2.06 bits per heavy atom. The van der Waals surface area contributed by atoms with Crippen molar-refractivity contribution < 1.29 is 14.7 Å². The van der Waals surface area contributed by atoms with Crippen LogP contribution in [0.15, 0.2) is 30.6 Å². The zero-order valence-electron chi connectivity index (χ0n) is 19.1. The molecule has 4 rings (SSSR count). The maximum atomic E-state index is 9.25. The summed E-state index contributed by atoms with van der Waals surface area (Å²) < 4.78 is 5.86. The number of β-amino-alcohol motifs (C(OH)–C–C–N with tert-alkyl or cyclic N) is 1. The number of hydrogen-bond acceptors (Lipinski definition) is 8. The molecule has 0 fully saturated rings. The molecule has 4 heterocycles. The largest absolute Gasteiger partial charge is 0.493 e. The van der Waals surface area contributed by atoms with E-state index in [-0.39, 0.29) is 12.1 Å². The zero-order chi connectivity index (χ0) is 22.7. The summed E-state index contributed by atoms with van der Waals surface area (Å²) in [6.07, 6.45) is 9.81. The van der Waals surface area contributed by atoms with Crippen LogP contribution in [0.2, 0.25) is 0 Å². The van der Waals surface area contributed by atoms with Gasteiger partial charge in [-0.3, -0.25) is 0 Å². The van der Waals surface area contributed by atoms with Crippen LogP contribution in [0.5, 0.6) is 5.75 Å². The molecule has 8 heteroatoms. The van der Waals surface area contributed by atoms with Gasteiger partial charge in [0.05, 0.1) is 19.8 Å². The Balaban J connectivity index is 1.66. The van der Waals surface area contributed by atoms with Crippen molar-refractivity contribution in [1.29, 1.82) is 0 Å². The predicted molar refractivity (Wildman–Crippen MR) is 126 cm³/mol. The van der Waals surface area contributed by atoms with Gasteiger partial charge in [-0.2, -0.15) is 0 Å². The number of nitrogens with zero attached hydrogens (tertiary/aromatic N) is 3. The highest BCUT2D eigenvalue weighted by Crippen LogP contribution is 2.36. The number of hydroxylamine groups is 2. The van der Waals surface area contributed by atoms with Crippen molar-refractivity contribution in [3.8, 4) is 5.75 Å². The summed E-state index contributed by atoms with van der Waals surface area (Å²) in [6, 6.07) is 3.92. The molecule has 0 saturated heterocycles. The predicted octanol–water partition coefficient (Wildman–Crippen LogP) is 4.46. The molecule has 0 aliphatic carbocycles. The van der Waals surface area contributed by atoms with Crippen LogP contribution in [-0.4, -0.2) is 45.4 Å². The summed E-state index contributed by atoms with van der Waals surface area (Å²) in [6.45, 7) is 9.35. The first kappa shape index (κ1) is 22.0. The van der Waals surface area contributed by atoms with Gasteiger partial charge in [0.2, 0.25) is 5.75 Å². The summed E-state index contributed by atoms with van der Waals surface area (Å²) >= 11 is 0. The van der Waals surface area contributed by atoms with Crippen molar-refractivity contribution in [2.24, 2.45) is 0 Å². The number of nitrogens with one attached hydrogen (secondary N) is 2. The van der Waals surface area contributed by atoms with E-state index in [0.29, 0.717) is 29.7 Å². The Kier molecular flexibility index (Phi) is 6.23. The van der Waals surface area contributed by atoms with E-state index in [1.54, 1.807) is 11.3 Å². The van der Waals surface area contributed by atoms with Crippen LogP contribution in [0.4, 0.5) is 17.5 Å². The molecule has 2 aromatic rings. The zero-order valence-corrected chi connectivity index (χ0v) is 19.1. The number of aromatic nitrogens is 2. The van der Waals surface area contributed by atoms with Crippen LogP contribution in [0.1, 0.15) is 50.3 Å². The van der Waals surface area contributed by atoms with E-state index in [1.807, 2.05) is 31.3 Å². The molecule has 3 N–H and O–H groups in total. The minimum Gasteiger partial charge on any atom is -0.493 e. The molecule has 2 aliphatic rings. The van der Waals surface area contributed by atoms with Crippen molar-refractivity contribution >= 4 is 29.3 Å². The Hall–Kier alpha value is -3.26. The van der Waals surface area contributed by atoms with Gasteiger partial charge in [-0.1, -0.05) is 0 Å². The van der Waals surface area contributed by atoms with Gasteiger partial charge in [0.25, 0.3) is 0 Å². The van der Waals surface area contributed by atoms with E-state index >= 15 is 0 Å². The second-order valence-electron chi connectivity index (χ2n) is 8.99. The van der Waals surface area contributed by atoms with E-state index in [2.05, 4.69) is 42.5 Å². The lowest BCUT2D eigenvalue weighted by Gasteiger charge is -2.29. The van der Waals surface area contributed by atoms with Gasteiger partial charge < -0.3 is 25.3 Å². The van der Waals surface area contributed by atoms with Crippen LogP contribution >= 0.6 is 0 Å². The third-order valence-corrected chi connectivity index (χ3v) is 5.00. The first-order valence-corrected chi connectivity index (χ1v) is 11.0. The number of anilines is 3. The minimum atomic E-state index is -0.216. The molecule has 0 aromatic carbocycles. The number of aliphatic hydroxyl groups excluding tert-OH is 1. The Morgan fingerprint density at radius 1 is 1.22 bits per heavy atom. The molecule has 0 saturated carbocycles. The van der Waals surface area contributed by atoms with E-state index < -0.39 is 0 Å². The maximum Gasteiger partial charge on any atom is 0.204 e. The lowest BCUT2D eigenvalue weighted by Crippen LogP contribution is -2.31. The summed E-state index contributed by atoms with van der Waals surface area (Å²) in [5.41, 5.74) is 2.77. The number of fused-ring (bicyclic) bond motifs is 1. The van der Waals surface area contributed by atoms with Crippen molar-refractivity contribution in [1.82, 2.24) is 15.0 Å². The summed E-state index contributed by atoms with van der Waals surface area (Å²) in [7, 11) is 0. The topological polar surface area (TPSA) is 91.8 Å². The fraction of sp³-hybridized carbons (Fsp3) is 0.417. The van der Waals surface area contributed by atoms with Crippen molar-refractivity contribution in [3.05, 3.63) is 47.3 Å². The highest BCUT2D eigenvalue weighted by Gasteiger charge is 2.23. The number of hydrogen-bond donors (Lipinski definition) is 3. The molecule has 0 bridgehead atoms. The molecular weight excluding hydrogens is 406 g/mol. The smallest absolute Gasteiger partial charge is 0.204 e. The fourth-order valence-corrected chi connectivity index (χ4v) is 3.54. The Morgan fingerprint density at radius 3 is 2.78 bits per heavy atom. The van der Waals surface area contributed by atoms with Gasteiger partial charge in [0.1, 0.15) is 17.4 Å². The normalized spacial score (nSPS) is 15.4. The first-order valence-electron chi connectivity index (χ1n) is 11.0. The van der Waals surface area contributed by atoms with Crippen LogP contribution in [0, 0.1) is 6.92 Å². The van der Waals surface area contributed by atoms with E-state index in [1.165, 1.54) is 0 Å². The molecule has 0 spiro atoms. The monoisotopic (exact) mass is 437 g/mol. The molecule has 2 aliphatic heterocycles. The number of aryl methyl sites for hydroxylation is 1. The number of pyridine rings is 2. The van der Waals surface area contributed by atoms with Gasteiger partial charge in [0.15, 0.2) is 5.82 Å². The number of aliphatic hydroxyl groups is 1. The summed E-state index contributed by atoms with van der Waals surface area (Å²) in [5, 5.41) is 17.6. The number of ether oxygens (including phenoxy) is 1. The molecule has 0 radical (unpaired) electrons. The standard InChI is InChI=1S/C24H31N5O3/c1-16-15-25-20(14-18(16)19-7-5-6-12-31-19)26-21-13-17-8-9-29(10-11-30)32-22(17)23(27-21)28-24(2,3)4/h7-9,13-15,30H,5-6,10-12H2,1-4H3,(H2,25,26,27,28). The van der Waals surface area contributed by atoms with Gasteiger partial charge in [-0.15, -0.1) is 0 Å². The van der Waals surface area contributed by atoms with Crippen LogP contribution in [0.25, 0.3) is 11.8 Å². The van der Waals surface area contributed by atoms with Gasteiger partial charge >= 0.3 is 0 Å². The lowest BCUT2D eigenvalue weighted by atomic mass is 10.1. The molecule has 0 unspecified atom stereocenters. The molecule has 0 atom stereocenters. The third-order valence-electron chi connectivity index (χ3n) is 5.00. The summed E-state index contributed by atoms with van der Waals surface area (Å²) in [4.78, 5) is 15.3. The second-order valence-corrected chi connectivity index (χ2v) is 8.99. The van der Waals surface area contributed by atoms with Crippen molar-refractivity contribution in [2.75, 3.05) is 30.4 Å². The van der Waals surface area contributed by atoms with Gasteiger partial charge in [0, 0.05) is 29.1 Å². The lowest BCUT2D eigenvalue weighted by molar-refractivity contribution is -0.0208. The molecule has 32 heavy (non-hydrogen) atoms. The summed E-state index contributed by atoms with van der Waals surface area (Å²) in [5.74, 6) is 3.50. The van der Waals surface area contributed by atoms with Crippen molar-refractivity contribution in [3.63, 3.8) is 0 Å². The molecule has 2 aromatic heterocycles. The van der Waals surface area contributed by atoms with Crippen LogP contribution < -0.4 is 15.5 Å². The van der Waals surface area contributed by atoms with Crippen LogP contribution in [-0.2, 0) is 4.74 Å². The van der Waals surface area contributed by atoms with Crippen LogP contribution in [0.3, 0.4) is 0 Å². The second kappa shape index (κ2) is 9.08. The van der Waals surface area contributed by atoms with Gasteiger partial charge in [-0.05, 0) is 70.4 Å². The number of rotatable bonds is 6. The minimum absolute atomic E-state index is 0.00362. The average Bonchev–Trinajstić information content (AvgIpc) is 2.75. The third kappa shape index (κ3) is 5.13. The SMILES string of the molecule is Cc1cnc(Nc2cc3c(c(NC(C)(C)C)n2)ON(CCO)C=C3)cc1C1=CCCCO1. The number of allylic oxidation sites excluding steroid dienone is 1. The highest BCUT2D eigenvalue weighted by molar-refractivity contribution is 5.73. The Bertz CT molecular complexity index is 1040. The first-order chi connectivity index (χ1) is 15.3. The van der Waals surface area contributed by atoms with Gasteiger partial charge in [-0.25, -0.2) is 15.0 Å². The highest BCUT2D eigenvalue weighted by atomic mass is 16.7. The van der Waals surface area contributed by atoms with Crippen molar-refractivity contribution in [2.45, 2.75) is 46.1 Å². The molecule has 0 amide bonds. The average molecular weight is 438 g/mol. The maximum absolute atomic E-state index is 9.25. The van der Waals surface area contributed by atoms with E-state index in [9.17, 15) is 5.11 Å². The van der Waals surface area contributed by atoms with E-state index in [0.717, 1.165) is 41.9 Å². The Labute approximate surface area is 188 Å². The molecule has 8 nitrogen and oxygen atoms in total. The molecule has 170 valence electrons. The quantitative estimate of drug-likeness (QED) is 0.610.